The first-order valence-electron chi connectivity index (χ1n) is 18.7. The Balaban J connectivity index is 0. The summed E-state index contributed by atoms with van der Waals surface area (Å²) in [6.07, 6.45) is 17.6. The summed E-state index contributed by atoms with van der Waals surface area (Å²) < 4.78 is 5.20. The highest BCUT2D eigenvalue weighted by Gasteiger charge is 2.59. The van der Waals surface area contributed by atoms with E-state index < -0.39 is 0 Å². The van der Waals surface area contributed by atoms with Gasteiger partial charge < -0.3 is 4.74 Å². The van der Waals surface area contributed by atoms with Crippen LogP contribution >= 0.6 is 0 Å². The molecule has 0 aromatic carbocycles. The SMILES string of the molecule is CC.CC.CC.CC.CC.CC=C(C)C1CCC2(C)C(=CCC3C2CCC2(C)C([C@H](C)CCC(=O)OCC)CC[C@@H]32)C1. The summed E-state index contributed by atoms with van der Waals surface area (Å²) in [6.45, 7) is 34.6. The monoisotopic (exact) mass is 591 g/mol. The van der Waals surface area contributed by atoms with E-state index >= 15 is 0 Å². The highest BCUT2D eigenvalue weighted by Crippen LogP contribution is 2.67. The molecule has 6 unspecified atom stereocenters. The van der Waals surface area contributed by atoms with Gasteiger partial charge in [-0.15, -0.1) is 0 Å². The second kappa shape index (κ2) is 22.5. The first-order valence-corrected chi connectivity index (χ1v) is 18.7. The van der Waals surface area contributed by atoms with E-state index in [4.69, 9.17) is 4.74 Å². The van der Waals surface area contributed by atoms with Crippen molar-refractivity contribution in [3.63, 3.8) is 0 Å². The van der Waals surface area contributed by atoms with Crippen molar-refractivity contribution in [1.29, 1.82) is 0 Å². The van der Waals surface area contributed by atoms with Gasteiger partial charge in [0, 0.05) is 6.42 Å². The maximum atomic E-state index is 11.9. The van der Waals surface area contributed by atoms with E-state index in [2.05, 4.69) is 46.8 Å². The lowest BCUT2D eigenvalue weighted by atomic mass is 9.46. The number of hydrogen-bond donors (Lipinski definition) is 0. The average molecular weight is 591 g/mol. The number of fused-ring (bicyclic) bond motifs is 5. The van der Waals surface area contributed by atoms with Crippen molar-refractivity contribution in [3.05, 3.63) is 23.3 Å². The van der Waals surface area contributed by atoms with Gasteiger partial charge in [0.1, 0.15) is 0 Å². The number of hydrogen-bond acceptors (Lipinski definition) is 2. The summed E-state index contributed by atoms with van der Waals surface area (Å²) in [7, 11) is 0. The van der Waals surface area contributed by atoms with Gasteiger partial charge >= 0.3 is 5.97 Å². The largest absolute Gasteiger partial charge is 0.466 e. The molecule has 0 aromatic rings. The molecule has 0 radical (unpaired) electrons. The molecule has 2 nitrogen and oxygen atoms in total. The molecule has 0 N–H and O–H groups in total. The molecule has 3 saturated carbocycles. The Labute approximate surface area is 266 Å². The van der Waals surface area contributed by atoms with Crippen LogP contribution in [-0.4, -0.2) is 12.6 Å². The lowest BCUT2D eigenvalue weighted by Crippen LogP contribution is -2.50. The van der Waals surface area contributed by atoms with E-state index in [1.807, 2.05) is 76.2 Å². The van der Waals surface area contributed by atoms with Gasteiger partial charge in [0.2, 0.25) is 0 Å². The second-order valence-electron chi connectivity index (χ2n) is 12.3. The van der Waals surface area contributed by atoms with Crippen molar-refractivity contribution >= 4 is 5.97 Å². The van der Waals surface area contributed by atoms with Crippen molar-refractivity contribution in [1.82, 2.24) is 0 Å². The summed E-state index contributed by atoms with van der Waals surface area (Å²) >= 11 is 0. The highest BCUT2D eigenvalue weighted by atomic mass is 16.5. The van der Waals surface area contributed by atoms with Crippen LogP contribution in [0.15, 0.2) is 23.3 Å². The van der Waals surface area contributed by atoms with Gasteiger partial charge in [0.15, 0.2) is 0 Å². The lowest BCUT2D eigenvalue weighted by molar-refractivity contribution is -0.143. The van der Waals surface area contributed by atoms with E-state index in [1.54, 1.807) is 11.1 Å². The molecule has 0 bridgehead atoms. The zero-order valence-corrected chi connectivity index (χ0v) is 31.7. The Bertz CT molecular complexity index is 764. The summed E-state index contributed by atoms with van der Waals surface area (Å²) in [5, 5.41) is 0. The summed E-state index contributed by atoms with van der Waals surface area (Å²) in [5.74, 6) is 4.81. The number of ether oxygens (including phenoxy) is 1. The standard InChI is InChI=1S/C30H48O2.5C2H6/c1-7-20(3)22-15-17-29(5)23(19-22)10-11-24-26-13-12-25(30(26,6)18-16-27(24)29)21(4)9-14-28(31)32-8-2;5*1-2/h7,10,21-22,24-27H,8-9,11-19H2,1-6H3;5*1-2H3/t21-,22?,24?,25?,26+,27?,29?,30?;;;;;/m1...../s1. The predicted molar refractivity (Wildman–Crippen MR) is 190 cm³/mol. The average Bonchev–Trinajstić information content (AvgIpc) is 3.41. The van der Waals surface area contributed by atoms with Gasteiger partial charge in [-0.1, -0.05) is 113 Å². The van der Waals surface area contributed by atoms with Crippen molar-refractivity contribution in [2.45, 2.75) is 175 Å². The van der Waals surface area contributed by atoms with Crippen molar-refractivity contribution in [2.24, 2.45) is 46.3 Å². The molecular formula is C40H78O2. The number of rotatable bonds is 6. The number of allylic oxidation sites excluding steroid dienone is 4. The first kappa shape index (κ1) is 43.1. The van der Waals surface area contributed by atoms with Crippen LogP contribution in [0.25, 0.3) is 0 Å². The van der Waals surface area contributed by atoms with Gasteiger partial charge in [0.05, 0.1) is 6.61 Å². The Kier molecular flexibility index (Phi) is 23.0. The van der Waals surface area contributed by atoms with Crippen molar-refractivity contribution < 1.29 is 9.53 Å². The van der Waals surface area contributed by atoms with Crippen LogP contribution in [-0.2, 0) is 9.53 Å². The van der Waals surface area contributed by atoms with Crippen LogP contribution in [0.4, 0.5) is 0 Å². The zero-order chi connectivity index (χ0) is 33.1. The van der Waals surface area contributed by atoms with E-state index in [1.165, 1.54) is 51.4 Å². The molecule has 0 saturated heterocycles. The van der Waals surface area contributed by atoms with Crippen LogP contribution in [0.5, 0.6) is 0 Å². The minimum atomic E-state index is -0.00983. The fraction of sp³-hybridized carbons (Fsp3) is 0.875. The highest BCUT2D eigenvalue weighted by molar-refractivity contribution is 5.69. The fourth-order valence-corrected chi connectivity index (χ4v) is 9.04. The smallest absolute Gasteiger partial charge is 0.305 e. The second-order valence-corrected chi connectivity index (χ2v) is 12.3. The molecule has 4 aliphatic rings. The van der Waals surface area contributed by atoms with Gasteiger partial charge in [-0.2, -0.15) is 0 Å². The summed E-state index contributed by atoms with van der Waals surface area (Å²) in [4.78, 5) is 11.9. The third-order valence-electron chi connectivity index (χ3n) is 11.1. The Morgan fingerprint density at radius 1 is 0.929 bits per heavy atom. The molecule has 42 heavy (non-hydrogen) atoms. The maximum absolute atomic E-state index is 11.9. The molecule has 0 spiro atoms. The molecule has 2 heteroatoms. The lowest BCUT2D eigenvalue weighted by Gasteiger charge is -2.58. The van der Waals surface area contributed by atoms with Crippen molar-refractivity contribution in [3.8, 4) is 0 Å². The Morgan fingerprint density at radius 3 is 2.07 bits per heavy atom. The molecule has 0 aromatic heterocycles. The molecule has 250 valence electrons. The normalized spacial score (nSPS) is 33.0. The quantitative estimate of drug-likeness (QED) is 0.227. The molecule has 8 atom stereocenters. The minimum absolute atomic E-state index is 0.00983. The predicted octanol–water partition coefficient (Wildman–Crippen LogP) is 13.3. The number of esters is 1. The summed E-state index contributed by atoms with van der Waals surface area (Å²) in [5.41, 5.74) is 4.32. The van der Waals surface area contributed by atoms with E-state index in [0.717, 1.165) is 36.0 Å². The minimum Gasteiger partial charge on any atom is -0.466 e. The molecule has 3 fully saturated rings. The Morgan fingerprint density at radius 2 is 1.52 bits per heavy atom. The van der Waals surface area contributed by atoms with Crippen LogP contribution in [0.2, 0.25) is 0 Å². The molecule has 0 heterocycles. The fourth-order valence-electron chi connectivity index (χ4n) is 9.04. The molecule has 4 aliphatic carbocycles. The van der Waals surface area contributed by atoms with Gasteiger partial charge in [-0.05, 0) is 125 Å². The topological polar surface area (TPSA) is 26.3 Å². The Hall–Kier alpha value is -1.05. The molecule has 4 rings (SSSR count). The third kappa shape index (κ3) is 9.99. The van der Waals surface area contributed by atoms with Crippen LogP contribution in [0.3, 0.4) is 0 Å². The third-order valence-corrected chi connectivity index (χ3v) is 11.1. The maximum Gasteiger partial charge on any atom is 0.305 e. The van der Waals surface area contributed by atoms with Crippen LogP contribution in [0.1, 0.15) is 175 Å². The van der Waals surface area contributed by atoms with E-state index in [9.17, 15) is 4.79 Å². The van der Waals surface area contributed by atoms with Crippen LogP contribution in [0, 0.1) is 46.3 Å². The van der Waals surface area contributed by atoms with Gasteiger partial charge in [-0.3, -0.25) is 4.79 Å². The van der Waals surface area contributed by atoms with Gasteiger partial charge in [0.25, 0.3) is 0 Å². The zero-order valence-electron chi connectivity index (χ0n) is 31.7. The van der Waals surface area contributed by atoms with E-state index in [-0.39, 0.29) is 5.97 Å². The summed E-state index contributed by atoms with van der Waals surface area (Å²) in [6, 6.07) is 0. The van der Waals surface area contributed by atoms with Crippen molar-refractivity contribution in [2.75, 3.05) is 6.61 Å². The molecular weight excluding hydrogens is 512 g/mol. The first-order chi connectivity index (χ1) is 20.2. The number of carbonyl (C=O) groups is 1. The molecule has 0 amide bonds. The van der Waals surface area contributed by atoms with Crippen LogP contribution < -0.4 is 0 Å². The molecule has 0 aliphatic heterocycles. The number of carbonyl (C=O) groups excluding carboxylic acids is 1. The van der Waals surface area contributed by atoms with E-state index in [0.29, 0.717) is 29.8 Å². The van der Waals surface area contributed by atoms with Gasteiger partial charge in [-0.25, -0.2) is 0 Å².